The van der Waals surface area contributed by atoms with Crippen LogP contribution < -0.4 is 5.32 Å². The molecule has 0 fully saturated rings. The van der Waals surface area contributed by atoms with Gasteiger partial charge in [-0.15, -0.1) is 0 Å². The van der Waals surface area contributed by atoms with E-state index >= 15 is 0 Å². The van der Waals surface area contributed by atoms with Gasteiger partial charge in [0.25, 0.3) is 0 Å². The SMILES string of the molecule is Cc1ccccc1[C@@H](C)NCc1cccc(F)c1Cl. The van der Waals surface area contributed by atoms with E-state index in [2.05, 4.69) is 31.3 Å². The average Bonchev–Trinajstić information content (AvgIpc) is 2.40. The van der Waals surface area contributed by atoms with Crippen LogP contribution in [0.1, 0.15) is 29.7 Å². The van der Waals surface area contributed by atoms with Crippen molar-refractivity contribution in [3.05, 3.63) is 70.0 Å². The van der Waals surface area contributed by atoms with Crippen LogP contribution in [0.5, 0.6) is 0 Å². The number of halogens is 2. The topological polar surface area (TPSA) is 12.0 Å². The Labute approximate surface area is 118 Å². The van der Waals surface area contributed by atoms with Crippen LogP contribution in [0.3, 0.4) is 0 Å². The fraction of sp³-hybridized carbons (Fsp3) is 0.250. The summed E-state index contributed by atoms with van der Waals surface area (Å²) < 4.78 is 13.3. The van der Waals surface area contributed by atoms with Crippen LogP contribution in [0, 0.1) is 12.7 Å². The van der Waals surface area contributed by atoms with Crippen LogP contribution in [0.15, 0.2) is 42.5 Å². The van der Waals surface area contributed by atoms with Crippen molar-refractivity contribution < 1.29 is 4.39 Å². The van der Waals surface area contributed by atoms with Gasteiger partial charge in [-0.05, 0) is 36.6 Å². The van der Waals surface area contributed by atoms with Gasteiger partial charge in [0.1, 0.15) is 5.82 Å². The lowest BCUT2D eigenvalue weighted by atomic mass is 10.0. The monoisotopic (exact) mass is 277 g/mol. The first-order chi connectivity index (χ1) is 9.09. The van der Waals surface area contributed by atoms with Gasteiger partial charge in [-0.3, -0.25) is 0 Å². The molecule has 1 nitrogen and oxygen atoms in total. The second-order valence-corrected chi connectivity index (χ2v) is 5.05. The van der Waals surface area contributed by atoms with Crippen LogP contribution >= 0.6 is 11.6 Å². The number of nitrogens with one attached hydrogen (secondary N) is 1. The summed E-state index contributed by atoms with van der Waals surface area (Å²) in [5, 5.41) is 3.57. The maximum absolute atomic E-state index is 13.3. The third kappa shape index (κ3) is 3.34. The lowest BCUT2D eigenvalue weighted by Crippen LogP contribution is -2.19. The quantitative estimate of drug-likeness (QED) is 0.858. The first-order valence-corrected chi connectivity index (χ1v) is 6.69. The standard InChI is InChI=1S/C16H17ClFN/c1-11-6-3-4-8-14(11)12(2)19-10-13-7-5-9-15(18)16(13)17/h3-9,12,19H,10H2,1-2H3/t12-/m1/s1. The molecule has 2 aromatic rings. The maximum atomic E-state index is 13.3. The van der Waals surface area contributed by atoms with Crippen molar-refractivity contribution in [3.8, 4) is 0 Å². The van der Waals surface area contributed by atoms with Crippen LogP contribution in [-0.4, -0.2) is 0 Å². The molecule has 0 aliphatic heterocycles. The molecule has 0 saturated carbocycles. The lowest BCUT2D eigenvalue weighted by molar-refractivity contribution is 0.567. The molecule has 0 amide bonds. The normalized spacial score (nSPS) is 12.4. The van der Waals surface area contributed by atoms with Gasteiger partial charge in [0.15, 0.2) is 0 Å². The predicted molar refractivity (Wildman–Crippen MR) is 77.8 cm³/mol. The number of hydrogen-bond donors (Lipinski definition) is 1. The molecule has 0 aromatic heterocycles. The summed E-state index contributed by atoms with van der Waals surface area (Å²) in [6.45, 7) is 4.73. The third-order valence-electron chi connectivity index (χ3n) is 3.29. The molecule has 100 valence electrons. The first kappa shape index (κ1) is 14.0. The molecule has 0 radical (unpaired) electrons. The Balaban J connectivity index is 2.07. The summed E-state index contributed by atoms with van der Waals surface area (Å²) in [6, 6.07) is 13.3. The number of rotatable bonds is 4. The van der Waals surface area contributed by atoms with Crippen molar-refractivity contribution >= 4 is 11.6 Å². The molecule has 0 unspecified atom stereocenters. The second-order valence-electron chi connectivity index (χ2n) is 4.67. The van der Waals surface area contributed by atoms with Gasteiger partial charge >= 0.3 is 0 Å². The zero-order valence-electron chi connectivity index (χ0n) is 11.1. The minimum Gasteiger partial charge on any atom is -0.306 e. The van der Waals surface area contributed by atoms with Crippen molar-refractivity contribution in [1.29, 1.82) is 0 Å². The third-order valence-corrected chi connectivity index (χ3v) is 3.71. The molecule has 2 rings (SSSR count). The van der Waals surface area contributed by atoms with Gasteiger partial charge in [-0.1, -0.05) is 48.0 Å². The minimum atomic E-state index is -0.371. The molecule has 0 aliphatic rings. The van der Waals surface area contributed by atoms with Crippen molar-refractivity contribution in [2.45, 2.75) is 26.4 Å². The van der Waals surface area contributed by atoms with E-state index in [4.69, 9.17) is 11.6 Å². The van der Waals surface area contributed by atoms with E-state index in [0.717, 1.165) is 5.56 Å². The van der Waals surface area contributed by atoms with E-state index in [1.807, 2.05) is 18.2 Å². The Bertz CT molecular complexity index is 568. The minimum absolute atomic E-state index is 0.195. The number of hydrogen-bond acceptors (Lipinski definition) is 1. The summed E-state index contributed by atoms with van der Waals surface area (Å²) in [7, 11) is 0. The zero-order valence-corrected chi connectivity index (χ0v) is 11.8. The Morgan fingerprint density at radius 2 is 1.89 bits per heavy atom. The molecule has 0 spiro atoms. The van der Waals surface area contributed by atoms with Crippen molar-refractivity contribution in [3.63, 3.8) is 0 Å². The summed E-state index contributed by atoms with van der Waals surface area (Å²) in [5.41, 5.74) is 3.27. The van der Waals surface area contributed by atoms with Crippen molar-refractivity contribution in [2.75, 3.05) is 0 Å². The first-order valence-electron chi connectivity index (χ1n) is 6.31. The molecular weight excluding hydrogens is 261 g/mol. The fourth-order valence-corrected chi connectivity index (χ4v) is 2.32. The largest absolute Gasteiger partial charge is 0.306 e. The van der Waals surface area contributed by atoms with Gasteiger partial charge < -0.3 is 5.32 Å². The number of benzene rings is 2. The summed E-state index contributed by atoms with van der Waals surface area (Å²) in [6.07, 6.45) is 0. The van der Waals surface area contributed by atoms with E-state index in [1.54, 1.807) is 6.07 Å². The molecule has 3 heteroatoms. The molecule has 2 aromatic carbocycles. The van der Waals surface area contributed by atoms with Crippen LogP contribution in [0.4, 0.5) is 4.39 Å². The average molecular weight is 278 g/mol. The molecule has 0 heterocycles. The number of aryl methyl sites for hydroxylation is 1. The van der Waals surface area contributed by atoms with Gasteiger partial charge in [0.2, 0.25) is 0 Å². The molecule has 1 atom stereocenters. The summed E-state index contributed by atoms with van der Waals surface area (Å²) in [4.78, 5) is 0. The van der Waals surface area contributed by atoms with Gasteiger partial charge in [-0.2, -0.15) is 0 Å². The van der Waals surface area contributed by atoms with Crippen molar-refractivity contribution in [1.82, 2.24) is 5.32 Å². The highest BCUT2D eigenvalue weighted by molar-refractivity contribution is 6.31. The Morgan fingerprint density at radius 1 is 1.16 bits per heavy atom. The molecule has 0 aliphatic carbocycles. The van der Waals surface area contributed by atoms with Crippen LogP contribution in [-0.2, 0) is 6.54 Å². The van der Waals surface area contributed by atoms with Gasteiger partial charge in [0, 0.05) is 12.6 Å². The van der Waals surface area contributed by atoms with Gasteiger partial charge in [-0.25, -0.2) is 4.39 Å². The van der Waals surface area contributed by atoms with Crippen LogP contribution in [0.25, 0.3) is 0 Å². The van der Waals surface area contributed by atoms with E-state index in [1.165, 1.54) is 17.2 Å². The molecule has 0 saturated heterocycles. The van der Waals surface area contributed by atoms with E-state index in [9.17, 15) is 4.39 Å². The predicted octanol–water partition coefficient (Wildman–Crippen LogP) is 4.64. The molecular formula is C16H17ClFN. The Morgan fingerprint density at radius 3 is 2.63 bits per heavy atom. The molecule has 0 bridgehead atoms. The zero-order chi connectivity index (χ0) is 13.8. The smallest absolute Gasteiger partial charge is 0.142 e. The van der Waals surface area contributed by atoms with E-state index in [0.29, 0.717) is 6.54 Å². The molecule has 1 N–H and O–H groups in total. The summed E-state index contributed by atoms with van der Waals surface area (Å²) in [5.74, 6) is -0.371. The highest BCUT2D eigenvalue weighted by Crippen LogP contribution is 2.21. The highest BCUT2D eigenvalue weighted by atomic mass is 35.5. The Hall–Kier alpha value is -1.38. The lowest BCUT2D eigenvalue weighted by Gasteiger charge is -2.17. The van der Waals surface area contributed by atoms with Crippen LogP contribution in [0.2, 0.25) is 5.02 Å². The second kappa shape index (κ2) is 6.18. The maximum Gasteiger partial charge on any atom is 0.142 e. The fourth-order valence-electron chi connectivity index (χ4n) is 2.13. The van der Waals surface area contributed by atoms with Crippen molar-refractivity contribution in [2.24, 2.45) is 0 Å². The van der Waals surface area contributed by atoms with E-state index in [-0.39, 0.29) is 16.9 Å². The summed E-state index contributed by atoms with van der Waals surface area (Å²) >= 11 is 5.94. The van der Waals surface area contributed by atoms with Gasteiger partial charge in [0.05, 0.1) is 5.02 Å². The highest BCUT2D eigenvalue weighted by Gasteiger charge is 2.09. The van der Waals surface area contributed by atoms with E-state index < -0.39 is 0 Å². The Kier molecular flexibility index (Phi) is 4.56. The molecule has 19 heavy (non-hydrogen) atoms.